The van der Waals surface area contributed by atoms with E-state index >= 15 is 0 Å². The summed E-state index contributed by atoms with van der Waals surface area (Å²) in [5.41, 5.74) is 4.03. The van der Waals surface area contributed by atoms with Crippen molar-refractivity contribution < 1.29 is 9.53 Å². The van der Waals surface area contributed by atoms with E-state index in [1.54, 1.807) is 6.20 Å². The number of carbonyl (C=O) groups excluding carboxylic acids is 1. The molecule has 1 fully saturated rings. The number of nitrogens with one attached hydrogen (secondary N) is 2. The number of hydrogen-bond donors (Lipinski definition) is 2. The van der Waals surface area contributed by atoms with Crippen LogP contribution in [0.1, 0.15) is 48.2 Å². The minimum Gasteiger partial charge on any atom is -0.379 e. The number of morpholine rings is 1. The van der Waals surface area contributed by atoms with Gasteiger partial charge < -0.3 is 15.0 Å². The zero-order chi connectivity index (χ0) is 20.4. The molecule has 1 amide bonds. The van der Waals surface area contributed by atoms with Crippen LogP contribution in [0.3, 0.4) is 0 Å². The highest BCUT2D eigenvalue weighted by Crippen LogP contribution is 2.21. The summed E-state index contributed by atoms with van der Waals surface area (Å²) in [6, 6.07) is 6.01. The second-order valence-corrected chi connectivity index (χ2v) is 7.60. The third kappa shape index (κ3) is 4.18. The van der Waals surface area contributed by atoms with Crippen LogP contribution in [-0.2, 0) is 11.3 Å². The summed E-state index contributed by atoms with van der Waals surface area (Å²) in [6.07, 6.45) is 2.61. The van der Waals surface area contributed by atoms with Crippen molar-refractivity contribution in [3.63, 3.8) is 0 Å². The Morgan fingerprint density at radius 2 is 2.14 bits per heavy atom. The number of benzene rings is 1. The number of ether oxygens (including phenoxy) is 1. The SMILES string of the molecule is CC[C@@H](C)n1ncc(C(=O)Nc2ccc3nc(CN4CCOCC4)[nH]c3c2)c1C. The van der Waals surface area contributed by atoms with Crippen molar-refractivity contribution in [2.24, 2.45) is 0 Å². The Morgan fingerprint density at radius 3 is 2.90 bits per heavy atom. The fourth-order valence-corrected chi connectivity index (χ4v) is 3.65. The van der Waals surface area contributed by atoms with Gasteiger partial charge in [0.25, 0.3) is 5.91 Å². The number of aromatic nitrogens is 4. The number of rotatable bonds is 6. The lowest BCUT2D eigenvalue weighted by molar-refractivity contribution is 0.0332. The number of hydrogen-bond acceptors (Lipinski definition) is 5. The number of amides is 1. The topological polar surface area (TPSA) is 88.1 Å². The Balaban J connectivity index is 1.48. The van der Waals surface area contributed by atoms with Gasteiger partial charge in [0.05, 0.1) is 42.6 Å². The lowest BCUT2D eigenvalue weighted by atomic mass is 10.2. The van der Waals surface area contributed by atoms with Gasteiger partial charge >= 0.3 is 0 Å². The Labute approximate surface area is 170 Å². The van der Waals surface area contributed by atoms with Crippen molar-refractivity contribution in [2.75, 3.05) is 31.6 Å². The predicted octanol–water partition coefficient (Wildman–Crippen LogP) is 3.12. The van der Waals surface area contributed by atoms with Crippen LogP contribution in [0.25, 0.3) is 11.0 Å². The summed E-state index contributed by atoms with van der Waals surface area (Å²) in [4.78, 5) is 23.1. The maximum atomic E-state index is 12.8. The molecule has 0 unspecified atom stereocenters. The molecule has 2 aromatic heterocycles. The maximum absolute atomic E-state index is 12.8. The zero-order valence-corrected chi connectivity index (χ0v) is 17.2. The van der Waals surface area contributed by atoms with Gasteiger partial charge in [-0.05, 0) is 38.5 Å². The van der Waals surface area contributed by atoms with Gasteiger partial charge in [-0.25, -0.2) is 4.98 Å². The second kappa shape index (κ2) is 8.34. The standard InChI is InChI=1S/C21H28N6O2/c1-4-14(2)27-15(3)17(12-22-27)21(28)23-16-5-6-18-19(11-16)25-20(24-18)13-26-7-9-29-10-8-26/h5-6,11-12,14H,4,7-10,13H2,1-3H3,(H,23,28)(H,24,25)/t14-/m1/s1. The first-order chi connectivity index (χ1) is 14.0. The molecule has 154 valence electrons. The summed E-state index contributed by atoms with van der Waals surface area (Å²) in [5, 5.41) is 7.37. The lowest BCUT2D eigenvalue weighted by Crippen LogP contribution is -2.35. The molecule has 29 heavy (non-hydrogen) atoms. The minimum atomic E-state index is -0.149. The third-order valence-corrected chi connectivity index (χ3v) is 5.56. The number of carbonyl (C=O) groups is 1. The van der Waals surface area contributed by atoms with E-state index in [1.165, 1.54) is 0 Å². The first kappa shape index (κ1) is 19.6. The molecule has 3 aromatic rings. The van der Waals surface area contributed by atoms with E-state index < -0.39 is 0 Å². The molecule has 0 saturated carbocycles. The summed E-state index contributed by atoms with van der Waals surface area (Å²) in [7, 11) is 0. The fourth-order valence-electron chi connectivity index (χ4n) is 3.65. The molecule has 1 aliphatic heterocycles. The van der Waals surface area contributed by atoms with Crippen LogP contribution < -0.4 is 5.32 Å². The summed E-state index contributed by atoms with van der Waals surface area (Å²) < 4.78 is 7.30. The van der Waals surface area contributed by atoms with Crippen LogP contribution >= 0.6 is 0 Å². The Morgan fingerprint density at radius 1 is 1.34 bits per heavy atom. The van der Waals surface area contributed by atoms with Gasteiger partial charge in [-0.3, -0.25) is 14.4 Å². The van der Waals surface area contributed by atoms with Gasteiger partial charge in [0.2, 0.25) is 0 Å². The molecule has 1 saturated heterocycles. The average Bonchev–Trinajstić information content (AvgIpc) is 3.30. The molecular formula is C21H28N6O2. The number of H-pyrrole nitrogens is 1. The van der Waals surface area contributed by atoms with E-state index in [9.17, 15) is 4.79 Å². The van der Waals surface area contributed by atoms with Crippen molar-refractivity contribution >= 4 is 22.6 Å². The number of imidazole rings is 1. The second-order valence-electron chi connectivity index (χ2n) is 7.60. The molecule has 4 rings (SSSR count). The Hall–Kier alpha value is -2.71. The summed E-state index contributed by atoms with van der Waals surface area (Å²) in [6.45, 7) is 10.3. The summed E-state index contributed by atoms with van der Waals surface area (Å²) in [5.74, 6) is 0.778. The van der Waals surface area contributed by atoms with E-state index in [2.05, 4.69) is 39.1 Å². The third-order valence-electron chi connectivity index (χ3n) is 5.56. The van der Waals surface area contributed by atoms with Gasteiger partial charge in [0.1, 0.15) is 5.82 Å². The van der Waals surface area contributed by atoms with Crippen molar-refractivity contribution in [1.29, 1.82) is 0 Å². The van der Waals surface area contributed by atoms with E-state index in [0.717, 1.165) is 67.5 Å². The van der Waals surface area contributed by atoms with E-state index in [4.69, 9.17) is 4.74 Å². The normalized spacial score (nSPS) is 16.2. The molecule has 0 spiro atoms. The molecule has 2 N–H and O–H groups in total. The van der Waals surface area contributed by atoms with Gasteiger partial charge in [0.15, 0.2) is 0 Å². The monoisotopic (exact) mass is 396 g/mol. The van der Waals surface area contributed by atoms with Crippen molar-refractivity contribution in [2.45, 2.75) is 39.8 Å². The largest absolute Gasteiger partial charge is 0.379 e. The maximum Gasteiger partial charge on any atom is 0.259 e. The van der Waals surface area contributed by atoms with Crippen LogP contribution in [0.2, 0.25) is 0 Å². The molecule has 3 heterocycles. The van der Waals surface area contributed by atoms with Crippen molar-refractivity contribution in [1.82, 2.24) is 24.6 Å². The number of fused-ring (bicyclic) bond motifs is 1. The van der Waals surface area contributed by atoms with Crippen LogP contribution in [0, 0.1) is 6.92 Å². The van der Waals surface area contributed by atoms with Gasteiger partial charge in [0, 0.05) is 30.5 Å². The number of aromatic amines is 1. The predicted molar refractivity (Wildman–Crippen MR) is 112 cm³/mol. The smallest absolute Gasteiger partial charge is 0.259 e. The zero-order valence-electron chi connectivity index (χ0n) is 17.2. The highest BCUT2D eigenvalue weighted by Gasteiger charge is 2.17. The van der Waals surface area contributed by atoms with Crippen molar-refractivity contribution in [3.8, 4) is 0 Å². The molecule has 0 radical (unpaired) electrons. The molecule has 1 aliphatic rings. The molecule has 0 aliphatic carbocycles. The minimum absolute atomic E-state index is 0.149. The van der Waals surface area contributed by atoms with Crippen LogP contribution in [-0.4, -0.2) is 56.9 Å². The molecule has 1 aromatic carbocycles. The number of nitrogens with zero attached hydrogens (tertiary/aromatic N) is 4. The van der Waals surface area contributed by atoms with Crippen LogP contribution in [0.4, 0.5) is 5.69 Å². The quantitative estimate of drug-likeness (QED) is 0.668. The van der Waals surface area contributed by atoms with Crippen molar-refractivity contribution in [3.05, 3.63) is 41.5 Å². The van der Waals surface area contributed by atoms with Crippen LogP contribution in [0.5, 0.6) is 0 Å². The molecule has 1 atom stereocenters. The first-order valence-electron chi connectivity index (χ1n) is 10.2. The Bertz CT molecular complexity index is 1000. The lowest BCUT2D eigenvalue weighted by Gasteiger charge is -2.25. The van der Waals surface area contributed by atoms with E-state index in [-0.39, 0.29) is 11.9 Å². The van der Waals surface area contributed by atoms with Gasteiger partial charge in [-0.15, -0.1) is 0 Å². The highest BCUT2D eigenvalue weighted by atomic mass is 16.5. The Kier molecular flexibility index (Phi) is 5.64. The van der Waals surface area contributed by atoms with Crippen LogP contribution in [0.15, 0.2) is 24.4 Å². The first-order valence-corrected chi connectivity index (χ1v) is 10.2. The van der Waals surface area contributed by atoms with Gasteiger partial charge in [-0.2, -0.15) is 5.10 Å². The average molecular weight is 396 g/mol. The van der Waals surface area contributed by atoms with E-state index in [1.807, 2.05) is 29.8 Å². The molecule has 8 nitrogen and oxygen atoms in total. The van der Waals surface area contributed by atoms with Gasteiger partial charge in [-0.1, -0.05) is 6.92 Å². The molecule has 0 bridgehead atoms. The summed E-state index contributed by atoms with van der Waals surface area (Å²) >= 11 is 0. The molecule has 8 heteroatoms. The van der Waals surface area contributed by atoms with E-state index in [0.29, 0.717) is 5.56 Å². The number of anilines is 1. The highest BCUT2D eigenvalue weighted by molar-refractivity contribution is 6.05. The molecular weight excluding hydrogens is 368 g/mol. The fraction of sp³-hybridized carbons (Fsp3) is 0.476.